The van der Waals surface area contributed by atoms with Crippen LogP contribution >= 0.6 is 0 Å². The van der Waals surface area contributed by atoms with E-state index >= 15 is 0 Å². The van der Waals surface area contributed by atoms with Gasteiger partial charge in [-0.25, -0.2) is 0 Å². The second-order valence-electron chi connectivity index (χ2n) is 4.61. The molecule has 1 heterocycles. The molecule has 4 heteroatoms. The Balaban J connectivity index is 2.17. The fourth-order valence-corrected chi connectivity index (χ4v) is 2.49. The minimum Gasteiger partial charge on any atom is -0.391 e. The highest BCUT2D eigenvalue weighted by Crippen LogP contribution is 2.26. The molecule has 0 aromatic rings. The summed E-state index contributed by atoms with van der Waals surface area (Å²) in [5.74, 6) is -0.510. The predicted molar refractivity (Wildman–Crippen MR) is 58.5 cm³/mol. The number of aliphatic hydroxyl groups is 1. The Morgan fingerprint density at radius 3 is 2.56 bits per heavy atom. The normalized spacial score (nSPS) is 31.6. The van der Waals surface area contributed by atoms with Crippen LogP contribution in [0.4, 0.5) is 0 Å². The van der Waals surface area contributed by atoms with E-state index in [1.165, 1.54) is 11.0 Å². The van der Waals surface area contributed by atoms with Crippen LogP contribution in [0.1, 0.15) is 39.0 Å². The first-order valence-electron chi connectivity index (χ1n) is 5.85. The van der Waals surface area contributed by atoms with Gasteiger partial charge in [-0.1, -0.05) is 19.3 Å². The van der Waals surface area contributed by atoms with E-state index in [0.29, 0.717) is 12.0 Å². The van der Waals surface area contributed by atoms with E-state index < -0.39 is 6.10 Å². The molecular formula is C12H17NO3. The minimum absolute atomic E-state index is 0.240. The van der Waals surface area contributed by atoms with Gasteiger partial charge >= 0.3 is 0 Å². The lowest BCUT2D eigenvalue weighted by molar-refractivity contribution is -0.143. The highest BCUT2D eigenvalue weighted by molar-refractivity contribution is 6.16. The van der Waals surface area contributed by atoms with Crippen molar-refractivity contribution >= 4 is 11.8 Å². The quantitative estimate of drug-likeness (QED) is 0.533. The second kappa shape index (κ2) is 4.37. The molecule has 0 spiro atoms. The van der Waals surface area contributed by atoms with Crippen molar-refractivity contribution in [1.29, 1.82) is 0 Å². The van der Waals surface area contributed by atoms with E-state index in [9.17, 15) is 14.7 Å². The molecule has 0 bridgehead atoms. The number of carbonyl (C=O) groups excluding carboxylic acids is 2. The SMILES string of the molecule is CC1=CC(=O)N(C2CCCCCC2O)C1=O. The summed E-state index contributed by atoms with van der Waals surface area (Å²) in [6.45, 7) is 1.64. The molecule has 1 N–H and O–H groups in total. The van der Waals surface area contributed by atoms with Crippen LogP contribution in [0.5, 0.6) is 0 Å². The van der Waals surface area contributed by atoms with E-state index in [2.05, 4.69) is 0 Å². The van der Waals surface area contributed by atoms with E-state index in [0.717, 1.165) is 25.7 Å². The number of imide groups is 1. The lowest BCUT2D eigenvalue weighted by atomic mass is 10.0. The van der Waals surface area contributed by atoms with Crippen molar-refractivity contribution in [2.24, 2.45) is 0 Å². The van der Waals surface area contributed by atoms with Crippen molar-refractivity contribution < 1.29 is 14.7 Å². The number of amides is 2. The molecule has 1 saturated carbocycles. The zero-order chi connectivity index (χ0) is 11.7. The lowest BCUT2D eigenvalue weighted by Gasteiger charge is -2.29. The summed E-state index contributed by atoms with van der Waals surface area (Å²) in [6, 6.07) is -0.323. The van der Waals surface area contributed by atoms with Gasteiger partial charge in [-0.15, -0.1) is 0 Å². The first-order chi connectivity index (χ1) is 7.61. The molecule has 0 aromatic carbocycles. The summed E-state index contributed by atoms with van der Waals surface area (Å²) in [5, 5.41) is 9.96. The van der Waals surface area contributed by atoms with Gasteiger partial charge in [0, 0.05) is 11.6 Å². The topological polar surface area (TPSA) is 57.6 Å². The summed E-state index contributed by atoms with van der Waals surface area (Å²) < 4.78 is 0. The van der Waals surface area contributed by atoms with E-state index in [4.69, 9.17) is 0 Å². The first kappa shape index (κ1) is 11.3. The van der Waals surface area contributed by atoms with Crippen molar-refractivity contribution in [3.8, 4) is 0 Å². The van der Waals surface area contributed by atoms with Crippen LogP contribution < -0.4 is 0 Å². The Morgan fingerprint density at radius 1 is 1.25 bits per heavy atom. The standard InChI is InChI=1S/C12H17NO3/c1-8-7-11(15)13(12(8)16)9-5-3-2-4-6-10(9)14/h7,9-10,14H,2-6H2,1H3. The Morgan fingerprint density at radius 2 is 1.94 bits per heavy atom. The average Bonchev–Trinajstić information content (AvgIpc) is 2.43. The summed E-state index contributed by atoms with van der Waals surface area (Å²) in [6.07, 6.45) is 5.21. The molecule has 0 saturated heterocycles. The van der Waals surface area contributed by atoms with Crippen LogP contribution in [0.3, 0.4) is 0 Å². The van der Waals surface area contributed by atoms with Crippen molar-refractivity contribution in [1.82, 2.24) is 4.90 Å². The largest absolute Gasteiger partial charge is 0.391 e. The number of hydrogen-bond donors (Lipinski definition) is 1. The van der Waals surface area contributed by atoms with Crippen LogP contribution in [0, 0.1) is 0 Å². The summed E-state index contributed by atoms with van der Waals surface area (Å²) in [5.41, 5.74) is 0.474. The van der Waals surface area contributed by atoms with Crippen LogP contribution in [-0.2, 0) is 9.59 Å². The molecular weight excluding hydrogens is 206 g/mol. The zero-order valence-corrected chi connectivity index (χ0v) is 9.48. The van der Waals surface area contributed by atoms with Crippen molar-refractivity contribution in [3.63, 3.8) is 0 Å². The van der Waals surface area contributed by atoms with Gasteiger partial charge in [-0.3, -0.25) is 14.5 Å². The van der Waals surface area contributed by atoms with Gasteiger partial charge in [-0.05, 0) is 19.8 Å². The Labute approximate surface area is 94.9 Å². The molecule has 16 heavy (non-hydrogen) atoms. The molecule has 88 valence electrons. The first-order valence-corrected chi connectivity index (χ1v) is 5.85. The minimum atomic E-state index is -0.560. The predicted octanol–water partition coefficient (Wildman–Crippen LogP) is 0.995. The number of hydrogen-bond acceptors (Lipinski definition) is 3. The van der Waals surface area contributed by atoms with Crippen LogP contribution in [0.25, 0.3) is 0 Å². The monoisotopic (exact) mass is 223 g/mol. The third-order valence-corrected chi connectivity index (χ3v) is 3.41. The van der Waals surface area contributed by atoms with Gasteiger partial charge in [0.1, 0.15) is 0 Å². The number of aliphatic hydroxyl groups excluding tert-OH is 1. The zero-order valence-electron chi connectivity index (χ0n) is 9.48. The summed E-state index contributed by atoms with van der Waals surface area (Å²) >= 11 is 0. The van der Waals surface area contributed by atoms with Crippen molar-refractivity contribution in [2.75, 3.05) is 0 Å². The van der Waals surface area contributed by atoms with E-state index in [1.54, 1.807) is 6.92 Å². The maximum absolute atomic E-state index is 11.8. The molecule has 4 nitrogen and oxygen atoms in total. The van der Waals surface area contributed by atoms with Crippen LogP contribution in [0.15, 0.2) is 11.6 Å². The third-order valence-electron chi connectivity index (χ3n) is 3.41. The summed E-state index contributed by atoms with van der Waals surface area (Å²) in [7, 11) is 0. The number of carbonyl (C=O) groups is 2. The molecule has 2 amide bonds. The fourth-order valence-electron chi connectivity index (χ4n) is 2.49. The molecule has 0 aromatic heterocycles. The van der Waals surface area contributed by atoms with Gasteiger partial charge in [0.15, 0.2) is 0 Å². The average molecular weight is 223 g/mol. The number of rotatable bonds is 1. The fraction of sp³-hybridized carbons (Fsp3) is 0.667. The lowest BCUT2D eigenvalue weighted by Crippen LogP contribution is -2.46. The molecule has 2 rings (SSSR count). The molecule has 0 radical (unpaired) electrons. The van der Waals surface area contributed by atoms with E-state index in [-0.39, 0.29) is 17.9 Å². The third kappa shape index (κ3) is 1.89. The molecule has 2 aliphatic rings. The maximum Gasteiger partial charge on any atom is 0.256 e. The van der Waals surface area contributed by atoms with Crippen molar-refractivity contribution in [2.45, 2.75) is 51.2 Å². The van der Waals surface area contributed by atoms with Crippen LogP contribution in [-0.4, -0.2) is 34.0 Å². The van der Waals surface area contributed by atoms with Gasteiger partial charge in [0.2, 0.25) is 0 Å². The molecule has 1 aliphatic heterocycles. The molecule has 2 unspecified atom stereocenters. The Bertz CT molecular complexity index is 348. The van der Waals surface area contributed by atoms with Crippen molar-refractivity contribution in [3.05, 3.63) is 11.6 Å². The Hall–Kier alpha value is -1.16. The highest BCUT2D eigenvalue weighted by Gasteiger charge is 2.38. The van der Waals surface area contributed by atoms with Gasteiger partial charge in [0.05, 0.1) is 12.1 Å². The maximum atomic E-state index is 11.8. The number of nitrogens with zero attached hydrogens (tertiary/aromatic N) is 1. The van der Waals surface area contributed by atoms with Gasteiger partial charge in [0.25, 0.3) is 11.8 Å². The van der Waals surface area contributed by atoms with E-state index in [1.807, 2.05) is 0 Å². The highest BCUT2D eigenvalue weighted by atomic mass is 16.3. The van der Waals surface area contributed by atoms with Crippen LogP contribution in [0.2, 0.25) is 0 Å². The molecule has 1 fully saturated rings. The van der Waals surface area contributed by atoms with Gasteiger partial charge < -0.3 is 5.11 Å². The molecule has 1 aliphatic carbocycles. The smallest absolute Gasteiger partial charge is 0.256 e. The van der Waals surface area contributed by atoms with Gasteiger partial charge in [-0.2, -0.15) is 0 Å². The summed E-state index contributed by atoms with van der Waals surface area (Å²) in [4.78, 5) is 24.7. The molecule has 2 atom stereocenters. The second-order valence-corrected chi connectivity index (χ2v) is 4.61. The Kier molecular flexibility index (Phi) is 3.10.